The van der Waals surface area contributed by atoms with Gasteiger partial charge in [0.15, 0.2) is 0 Å². The molecule has 1 aromatic carbocycles. The average molecular weight is 304 g/mol. The maximum absolute atomic E-state index is 12.7. The van der Waals surface area contributed by atoms with Crippen LogP contribution in [0.25, 0.3) is 10.9 Å². The lowest BCUT2D eigenvalue weighted by atomic mass is 10.1. The van der Waals surface area contributed by atoms with E-state index >= 15 is 0 Å². The third-order valence-corrected chi connectivity index (χ3v) is 4.97. The minimum absolute atomic E-state index is 0.0825. The topological polar surface area (TPSA) is 22.0 Å². The summed E-state index contributed by atoms with van der Waals surface area (Å²) in [5.74, 6) is 0.0825. The van der Waals surface area contributed by atoms with E-state index in [-0.39, 0.29) is 5.78 Å². The second kappa shape index (κ2) is 4.76. The van der Waals surface area contributed by atoms with Crippen LogP contribution >= 0.6 is 22.9 Å². The van der Waals surface area contributed by atoms with E-state index in [0.717, 1.165) is 21.3 Å². The van der Waals surface area contributed by atoms with Crippen molar-refractivity contribution < 1.29 is 4.79 Å². The molecule has 0 atom stereocenters. The van der Waals surface area contributed by atoms with Gasteiger partial charge in [-0.15, -0.1) is 11.3 Å². The standard InChI is InChI=1S/C16H14ClNOS/c1-9-6-15(20-10(9)2)16(19)13-8-18(3)14-7-11(17)4-5-12(13)14/h4-8H,1-3H3. The first-order chi connectivity index (χ1) is 9.47. The number of aromatic nitrogens is 1. The van der Waals surface area contributed by atoms with E-state index in [1.165, 1.54) is 10.4 Å². The van der Waals surface area contributed by atoms with Crippen LogP contribution in [0, 0.1) is 13.8 Å². The molecule has 3 aromatic rings. The summed E-state index contributed by atoms with van der Waals surface area (Å²) >= 11 is 7.58. The molecule has 4 heteroatoms. The number of ketones is 1. The molecule has 0 fully saturated rings. The van der Waals surface area contributed by atoms with Crippen molar-refractivity contribution in [3.8, 4) is 0 Å². The summed E-state index contributed by atoms with van der Waals surface area (Å²) in [6.07, 6.45) is 1.88. The van der Waals surface area contributed by atoms with Gasteiger partial charge in [0.05, 0.1) is 4.88 Å². The van der Waals surface area contributed by atoms with Crippen molar-refractivity contribution in [2.24, 2.45) is 7.05 Å². The van der Waals surface area contributed by atoms with Gasteiger partial charge < -0.3 is 4.57 Å². The van der Waals surface area contributed by atoms with Crippen molar-refractivity contribution in [2.75, 3.05) is 0 Å². The minimum Gasteiger partial charge on any atom is -0.350 e. The molecular weight excluding hydrogens is 290 g/mol. The predicted octanol–water partition coefficient (Wildman–Crippen LogP) is 4.74. The minimum atomic E-state index is 0.0825. The predicted molar refractivity (Wildman–Crippen MR) is 85.2 cm³/mol. The van der Waals surface area contributed by atoms with Crippen LogP contribution in [0.3, 0.4) is 0 Å². The summed E-state index contributed by atoms with van der Waals surface area (Å²) in [5.41, 5.74) is 2.88. The highest BCUT2D eigenvalue weighted by Crippen LogP contribution is 2.29. The highest BCUT2D eigenvalue weighted by atomic mass is 35.5. The Hall–Kier alpha value is -1.58. The lowest BCUT2D eigenvalue weighted by molar-refractivity contribution is 0.104. The van der Waals surface area contributed by atoms with E-state index in [1.54, 1.807) is 11.3 Å². The number of hydrogen-bond donors (Lipinski definition) is 0. The number of hydrogen-bond acceptors (Lipinski definition) is 2. The average Bonchev–Trinajstić information content (AvgIpc) is 2.91. The number of benzene rings is 1. The number of nitrogens with zero attached hydrogens (tertiary/aromatic N) is 1. The fourth-order valence-electron chi connectivity index (χ4n) is 2.36. The first-order valence-corrected chi connectivity index (χ1v) is 7.53. The van der Waals surface area contributed by atoms with Crippen LogP contribution in [-0.4, -0.2) is 10.4 Å². The first kappa shape index (κ1) is 13.4. The molecule has 0 saturated carbocycles. The highest BCUT2D eigenvalue weighted by molar-refractivity contribution is 7.14. The summed E-state index contributed by atoms with van der Waals surface area (Å²) in [5, 5.41) is 1.63. The zero-order valence-electron chi connectivity index (χ0n) is 11.5. The van der Waals surface area contributed by atoms with Gasteiger partial charge in [0.2, 0.25) is 5.78 Å². The van der Waals surface area contributed by atoms with Gasteiger partial charge >= 0.3 is 0 Å². The number of thiophene rings is 1. The second-order valence-electron chi connectivity index (χ2n) is 4.99. The molecule has 2 heterocycles. The van der Waals surface area contributed by atoms with Gasteiger partial charge in [-0.3, -0.25) is 4.79 Å². The van der Waals surface area contributed by atoms with E-state index in [4.69, 9.17) is 11.6 Å². The maximum atomic E-state index is 12.7. The molecule has 2 nitrogen and oxygen atoms in total. The van der Waals surface area contributed by atoms with Crippen molar-refractivity contribution in [1.82, 2.24) is 4.57 Å². The van der Waals surface area contributed by atoms with Gasteiger partial charge in [-0.25, -0.2) is 0 Å². The Bertz CT molecular complexity index is 809. The highest BCUT2D eigenvalue weighted by Gasteiger charge is 2.18. The third kappa shape index (κ3) is 2.07. The monoisotopic (exact) mass is 303 g/mol. The third-order valence-electron chi connectivity index (χ3n) is 3.59. The molecule has 0 unspecified atom stereocenters. The summed E-state index contributed by atoms with van der Waals surface area (Å²) < 4.78 is 1.95. The molecule has 0 spiro atoms. The molecule has 20 heavy (non-hydrogen) atoms. The number of carbonyl (C=O) groups excluding carboxylic acids is 1. The van der Waals surface area contributed by atoms with Crippen LogP contribution in [0.1, 0.15) is 25.7 Å². The summed E-state index contributed by atoms with van der Waals surface area (Å²) in [6, 6.07) is 7.60. The lowest BCUT2D eigenvalue weighted by Crippen LogP contribution is -1.97. The fraction of sp³-hybridized carbons (Fsp3) is 0.188. The zero-order valence-corrected chi connectivity index (χ0v) is 13.1. The number of carbonyl (C=O) groups is 1. The Morgan fingerprint density at radius 3 is 2.65 bits per heavy atom. The van der Waals surface area contributed by atoms with Gasteiger partial charge in [0.1, 0.15) is 0 Å². The van der Waals surface area contributed by atoms with Crippen molar-refractivity contribution in [3.63, 3.8) is 0 Å². The zero-order chi connectivity index (χ0) is 14.4. The quantitative estimate of drug-likeness (QED) is 0.627. The number of fused-ring (bicyclic) bond motifs is 1. The van der Waals surface area contributed by atoms with Crippen LogP contribution in [0.5, 0.6) is 0 Å². The largest absolute Gasteiger partial charge is 0.350 e. The Kier molecular flexibility index (Phi) is 3.19. The lowest BCUT2D eigenvalue weighted by Gasteiger charge is -1.97. The summed E-state index contributed by atoms with van der Waals surface area (Å²) in [7, 11) is 1.93. The molecule has 0 amide bonds. The molecule has 0 aliphatic heterocycles. The molecule has 2 aromatic heterocycles. The van der Waals surface area contributed by atoms with E-state index in [0.29, 0.717) is 5.02 Å². The Morgan fingerprint density at radius 1 is 1.25 bits per heavy atom. The maximum Gasteiger partial charge on any atom is 0.205 e. The van der Waals surface area contributed by atoms with Gasteiger partial charge in [0.25, 0.3) is 0 Å². The number of rotatable bonds is 2. The molecular formula is C16H14ClNOS. The molecule has 0 N–H and O–H groups in total. The van der Waals surface area contributed by atoms with Crippen molar-refractivity contribution >= 4 is 39.6 Å². The van der Waals surface area contributed by atoms with Crippen molar-refractivity contribution in [1.29, 1.82) is 0 Å². The van der Waals surface area contributed by atoms with E-state index in [1.807, 2.05) is 55.9 Å². The van der Waals surface area contributed by atoms with Gasteiger partial charge in [-0.05, 0) is 37.6 Å². The van der Waals surface area contributed by atoms with Gasteiger partial charge in [0, 0.05) is 39.6 Å². The number of halogens is 1. The second-order valence-corrected chi connectivity index (χ2v) is 6.69. The van der Waals surface area contributed by atoms with Crippen LogP contribution in [-0.2, 0) is 7.05 Å². The van der Waals surface area contributed by atoms with Crippen LogP contribution in [0.4, 0.5) is 0 Å². The van der Waals surface area contributed by atoms with Gasteiger partial charge in [-0.1, -0.05) is 17.7 Å². The molecule has 0 saturated heterocycles. The van der Waals surface area contributed by atoms with Crippen LogP contribution < -0.4 is 0 Å². The molecule has 102 valence electrons. The van der Waals surface area contributed by atoms with Crippen LogP contribution in [0.15, 0.2) is 30.5 Å². The molecule has 3 rings (SSSR count). The molecule has 0 aliphatic rings. The van der Waals surface area contributed by atoms with Crippen molar-refractivity contribution in [3.05, 3.63) is 56.4 Å². The number of aryl methyl sites for hydroxylation is 3. The fourth-order valence-corrected chi connectivity index (χ4v) is 3.51. The van der Waals surface area contributed by atoms with E-state index in [9.17, 15) is 4.79 Å². The molecule has 0 radical (unpaired) electrons. The van der Waals surface area contributed by atoms with E-state index < -0.39 is 0 Å². The Balaban J connectivity index is 2.17. The SMILES string of the molecule is Cc1cc(C(=O)c2cn(C)c3cc(Cl)ccc23)sc1C. The normalized spacial score (nSPS) is 11.2. The molecule has 0 bridgehead atoms. The van der Waals surface area contributed by atoms with Crippen LogP contribution in [0.2, 0.25) is 5.02 Å². The van der Waals surface area contributed by atoms with Gasteiger partial charge in [-0.2, -0.15) is 0 Å². The first-order valence-electron chi connectivity index (χ1n) is 6.33. The molecule has 0 aliphatic carbocycles. The van der Waals surface area contributed by atoms with E-state index in [2.05, 4.69) is 0 Å². The Morgan fingerprint density at radius 2 is 2.00 bits per heavy atom. The Labute approximate surface area is 126 Å². The summed E-state index contributed by atoms with van der Waals surface area (Å²) in [6.45, 7) is 4.07. The smallest absolute Gasteiger partial charge is 0.205 e. The van der Waals surface area contributed by atoms with Crippen molar-refractivity contribution in [2.45, 2.75) is 13.8 Å². The summed E-state index contributed by atoms with van der Waals surface area (Å²) in [4.78, 5) is 14.7.